The van der Waals surface area contributed by atoms with Crippen molar-refractivity contribution in [3.63, 3.8) is 0 Å². The standard InChI is InChI=1S/C21H23BrCl2N2O3/c1-12-7-16(8-13(2)20(12)22)29-11-19(27)26(14(3)21(28)25-4)10-15-5-6-17(23)18(24)9-15/h5-9,14H,10-11H2,1-4H3,(H,25,28)/t14-/m1/s1. The van der Waals surface area contributed by atoms with E-state index in [9.17, 15) is 9.59 Å². The number of hydrogen-bond donors (Lipinski definition) is 1. The molecule has 0 aliphatic heterocycles. The van der Waals surface area contributed by atoms with Gasteiger partial charge < -0.3 is 15.0 Å². The third kappa shape index (κ3) is 6.11. The summed E-state index contributed by atoms with van der Waals surface area (Å²) in [4.78, 5) is 26.6. The molecule has 0 aliphatic rings. The van der Waals surface area contributed by atoms with Crippen molar-refractivity contribution in [2.45, 2.75) is 33.4 Å². The Labute approximate surface area is 189 Å². The van der Waals surface area contributed by atoms with Crippen LogP contribution >= 0.6 is 39.1 Å². The summed E-state index contributed by atoms with van der Waals surface area (Å²) in [5.74, 6) is 0.0118. The van der Waals surface area contributed by atoms with Gasteiger partial charge in [-0.2, -0.15) is 0 Å². The van der Waals surface area contributed by atoms with Crippen LogP contribution < -0.4 is 10.1 Å². The maximum Gasteiger partial charge on any atom is 0.261 e. The Morgan fingerprint density at radius 3 is 2.31 bits per heavy atom. The number of benzene rings is 2. The largest absolute Gasteiger partial charge is 0.484 e. The molecule has 5 nitrogen and oxygen atoms in total. The van der Waals surface area contributed by atoms with Gasteiger partial charge in [-0.1, -0.05) is 45.2 Å². The number of likely N-dealkylation sites (N-methyl/N-ethyl adjacent to an activating group) is 1. The van der Waals surface area contributed by atoms with Gasteiger partial charge in [-0.15, -0.1) is 0 Å². The fourth-order valence-electron chi connectivity index (χ4n) is 2.84. The molecule has 0 saturated carbocycles. The van der Waals surface area contributed by atoms with E-state index in [-0.39, 0.29) is 25.0 Å². The number of carbonyl (C=O) groups excluding carboxylic acids is 2. The lowest BCUT2D eigenvalue weighted by Gasteiger charge is -2.28. The van der Waals surface area contributed by atoms with Crippen molar-refractivity contribution in [1.82, 2.24) is 10.2 Å². The topological polar surface area (TPSA) is 58.6 Å². The van der Waals surface area contributed by atoms with Crippen LogP contribution in [0.4, 0.5) is 0 Å². The molecular weight excluding hydrogens is 479 g/mol. The van der Waals surface area contributed by atoms with Crippen molar-refractivity contribution in [2.75, 3.05) is 13.7 Å². The first-order chi connectivity index (χ1) is 13.6. The molecule has 0 saturated heterocycles. The van der Waals surface area contributed by atoms with Gasteiger partial charge in [0.15, 0.2) is 6.61 Å². The molecule has 2 rings (SSSR count). The Kier molecular flexibility index (Phi) is 8.37. The summed E-state index contributed by atoms with van der Waals surface area (Å²) < 4.78 is 6.72. The van der Waals surface area contributed by atoms with Crippen LogP contribution in [0.15, 0.2) is 34.8 Å². The van der Waals surface area contributed by atoms with Crippen molar-refractivity contribution in [3.05, 3.63) is 61.5 Å². The van der Waals surface area contributed by atoms with E-state index in [1.807, 2.05) is 26.0 Å². The van der Waals surface area contributed by atoms with E-state index in [0.717, 1.165) is 21.2 Å². The smallest absolute Gasteiger partial charge is 0.261 e. The summed E-state index contributed by atoms with van der Waals surface area (Å²) in [6.45, 7) is 5.59. The van der Waals surface area contributed by atoms with Crippen molar-refractivity contribution >= 4 is 50.9 Å². The number of rotatable bonds is 7. The molecule has 0 aliphatic carbocycles. The van der Waals surface area contributed by atoms with E-state index >= 15 is 0 Å². The lowest BCUT2D eigenvalue weighted by molar-refractivity contribution is -0.142. The average molecular weight is 502 g/mol. The van der Waals surface area contributed by atoms with Gasteiger partial charge in [0, 0.05) is 18.1 Å². The highest BCUT2D eigenvalue weighted by molar-refractivity contribution is 9.10. The summed E-state index contributed by atoms with van der Waals surface area (Å²) >= 11 is 15.6. The molecule has 0 radical (unpaired) electrons. The molecule has 29 heavy (non-hydrogen) atoms. The number of carbonyl (C=O) groups is 2. The molecule has 0 fully saturated rings. The molecule has 1 atom stereocenters. The lowest BCUT2D eigenvalue weighted by Crippen LogP contribution is -2.48. The first kappa shape index (κ1) is 23.5. The van der Waals surface area contributed by atoms with Crippen molar-refractivity contribution < 1.29 is 14.3 Å². The van der Waals surface area contributed by atoms with Gasteiger partial charge in [0.1, 0.15) is 11.8 Å². The highest BCUT2D eigenvalue weighted by atomic mass is 79.9. The Bertz CT molecular complexity index is 898. The van der Waals surface area contributed by atoms with Crippen LogP contribution in [0.25, 0.3) is 0 Å². The number of aryl methyl sites for hydroxylation is 2. The minimum atomic E-state index is -0.682. The van der Waals surface area contributed by atoms with Gasteiger partial charge in [-0.25, -0.2) is 0 Å². The zero-order valence-corrected chi connectivity index (χ0v) is 19.8. The van der Waals surface area contributed by atoms with E-state index in [1.54, 1.807) is 25.1 Å². The Morgan fingerprint density at radius 2 is 1.76 bits per heavy atom. The van der Waals surface area contributed by atoms with E-state index < -0.39 is 6.04 Å². The van der Waals surface area contributed by atoms with Gasteiger partial charge in [0.2, 0.25) is 5.91 Å². The van der Waals surface area contributed by atoms with E-state index in [0.29, 0.717) is 15.8 Å². The summed E-state index contributed by atoms with van der Waals surface area (Å²) in [6.07, 6.45) is 0. The normalized spacial score (nSPS) is 11.7. The molecule has 2 amide bonds. The monoisotopic (exact) mass is 500 g/mol. The number of halogens is 3. The lowest BCUT2D eigenvalue weighted by atomic mass is 10.1. The van der Waals surface area contributed by atoms with Crippen LogP contribution in [0.5, 0.6) is 5.75 Å². The minimum Gasteiger partial charge on any atom is -0.484 e. The number of amides is 2. The molecule has 2 aromatic rings. The fraction of sp³-hybridized carbons (Fsp3) is 0.333. The second-order valence-electron chi connectivity index (χ2n) is 6.72. The SMILES string of the molecule is CNC(=O)[C@@H](C)N(Cc1ccc(Cl)c(Cl)c1)C(=O)COc1cc(C)c(Br)c(C)c1. The maximum atomic E-state index is 12.9. The highest BCUT2D eigenvalue weighted by Gasteiger charge is 2.26. The van der Waals surface area contributed by atoms with Crippen LogP contribution in [0.3, 0.4) is 0 Å². The molecule has 0 heterocycles. The predicted molar refractivity (Wildman–Crippen MR) is 120 cm³/mol. The first-order valence-corrected chi connectivity index (χ1v) is 10.5. The summed E-state index contributed by atoms with van der Waals surface area (Å²) in [5, 5.41) is 3.39. The van der Waals surface area contributed by atoms with Crippen LogP contribution in [0.2, 0.25) is 10.0 Å². The van der Waals surface area contributed by atoms with Gasteiger partial charge in [0.25, 0.3) is 5.91 Å². The number of nitrogens with zero attached hydrogens (tertiary/aromatic N) is 1. The van der Waals surface area contributed by atoms with Gasteiger partial charge in [0.05, 0.1) is 10.0 Å². The van der Waals surface area contributed by atoms with Gasteiger partial charge in [-0.3, -0.25) is 9.59 Å². The van der Waals surface area contributed by atoms with Gasteiger partial charge >= 0.3 is 0 Å². The molecule has 2 aromatic carbocycles. The molecule has 0 unspecified atom stereocenters. The second-order valence-corrected chi connectivity index (χ2v) is 8.33. The van der Waals surface area contributed by atoms with Crippen molar-refractivity contribution in [1.29, 1.82) is 0 Å². The van der Waals surface area contributed by atoms with Crippen molar-refractivity contribution in [3.8, 4) is 5.75 Å². The molecule has 0 aromatic heterocycles. The molecule has 8 heteroatoms. The number of hydrogen-bond acceptors (Lipinski definition) is 3. The summed E-state index contributed by atoms with van der Waals surface area (Å²) in [6, 6.07) is 8.15. The molecule has 0 spiro atoms. The average Bonchev–Trinajstić information content (AvgIpc) is 2.69. The predicted octanol–water partition coefficient (Wildman–Crippen LogP) is 4.91. The Morgan fingerprint density at radius 1 is 1.14 bits per heavy atom. The van der Waals surface area contributed by atoms with Crippen LogP contribution in [0.1, 0.15) is 23.6 Å². The van der Waals surface area contributed by atoms with E-state index in [2.05, 4.69) is 21.2 Å². The minimum absolute atomic E-state index is 0.191. The highest BCUT2D eigenvalue weighted by Crippen LogP contribution is 2.27. The fourth-order valence-corrected chi connectivity index (χ4v) is 3.39. The molecule has 156 valence electrons. The quantitative estimate of drug-likeness (QED) is 0.586. The zero-order chi connectivity index (χ0) is 21.7. The third-order valence-electron chi connectivity index (χ3n) is 4.52. The number of nitrogens with one attached hydrogen (secondary N) is 1. The zero-order valence-electron chi connectivity index (χ0n) is 16.7. The first-order valence-electron chi connectivity index (χ1n) is 8.98. The van der Waals surface area contributed by atoms with Crippen LogP contribution in [-0.4, -0.2) is 36.4 Å². The van der Waals surface area contributed by atoms with Gasteiger partial charge in [-0.05, 0) is 61.7 Å². The van der Waals surface area contributed by atoms with E-state index in [4.69, 9.17) is 27.9 Å². The van der Waals surface area contributed by atoms with Crippen LogP contribution in [0, 0.1) is 13.8 Å². The maximum absolute atomic E-state index is 12.9. The number of ether oxygens (including phenoxy) is 1. The third-order valence-corrected chi connectivity index (χ3v) is 6.51. The van der Waals surface area contributed by atoms with Crippen molar-refractivity contribution in [2.24, 2.45) is 0 Å². The molecule has 1 N–H and O–H groups in total. The summed E-state index contributed by atoms with van der Waals surface area (Å²) in [5.41, 5.74) is 2.79. The van der Waals surface area contributed by atoms with E-state index in [1.165, 1.54) is 11.9 Å². The summed E-state index contributed by atoms with van der Waals surface area (Å²) in [7, 11) is 1.53. The Balaban J connectivity index is 2.19. The molecular formula is C21H23BrCl2N2O3. The Hall–Kier alpha value is -1.76. The second kappa shape index (κ2) is 10.3. The van der Waals surface area contributed by atoms with Crippen LogP contribution in [-0.2, 0) is 16.1 Å². The molecule has 0 bridgehead atoms.